The molecule has 17 heavy (non-hydrogen) atoms. The lowest BCUT2D eigenvalue weighted by Gasteiger charge is -2.10. The Balaban J connectivity index is 2.83. The molecule has 96 valence electrons. The highest BCUT2D eigenvalue weighted by Crippen LogP contribution is 2.24. The normalized spacial score (nSPS) is 12.0. The van der Waals surface area contributed by atoms with Crippen molar-refractivity contribution >= 4 is 31.6 Å². The average molecular weight is 321 g/mol. The molecule has 0 aliphatic heterocycles. The molecule has 0 saturated carbocycles. The molecule has 0 aromatic heterocycles. The van der Waals surface area contributed by atoms with Crippen molar-refractivity contribution in [3.63, 3.8) is 0 Å². The van der Waals surface area contributed by atoms with Crippen LogP contribution < -0.4 is 10.5 Å². The van der Waals surface area contributed by atoms with Crippen molar-refractivity contribution in [1.29, 1.82) is 0 Å². The minimum Gasteiger partial charge on any atom is -0.399 e. The molecule has 0 aliphatic carbocycles. The molecule has 0 atom stereocenters. The number of benzene rings is 1. The summed E-state index contributed by atoms with van der Waals surface area (Å²) in [5.41, 5.74) is 6.09. The second kappa shape index (κ2) is 5.84. The van der Waals surface area contributed by atoms with Crippen molar-refractivity contribution in [3.05, 3.63) is 22.7 Å². The monoisotopic (exact) mass is 320 g/mol. The van der Waals surface area contributed by atoms with Crippen LogP contribution in [0.5, 0.6) is 0 Å². The Morgan fingerprint density at radius 3 is 2.59 bits per heavy atom. The minimum atomic E-state index is -3.46. The van der Waals surface area contributed by atoms with Gasteiger partial charge >= 0.3 is 0 Å². The highest BCUT2D eigenvalue weighted by molar-refractivity contribution is 9.10. The van der Waals surface area contributed by atoms with Gasteiger partial charge in [-0.15, -0.1) is 0 Å². The lowest BCUT2D eigenvalue weighted by molar-refractivity contribution is 0.551. The molecule has 0 radical (unpaired) electrons. The first-order valence-electron chi connectivity index (χ1n) is 5.37. The van der Waals surface area contributed by atoms with E-state index in [1.807, 2.05) is 13.8 Å². The first-order valence-corrected chi connectivity index (χ1v) is 7.65. The molecule has 0 fully saturated rings. The Morgan fingerprint density at radius 2 is 2.06 bits per heavy atom. The fourth-order valence-electron chi connectivity index (χ4n) is 1.29. The predicted molar refractivity (Wildman–Crippen MR) is 73.2 cm³/mol. The summed E-state index contributed by atoms with van der Waals surface area (Å²) in [5, 5.41) is 0. The number of nitrogens with two attached hydrogens (primary N) is 1. The lowest BCUT2D eigenvalue weighted by atomic mass is 10.1. The lowest BCUT2D eigenvalue weighted by Crippen LogP contribution is -2.26. The predicted octanol–water partition coefficient (Wildman–Crippen LogP) is 2.36. The highest BCUT2D eigenvalue weighted by atomic mass is 79.9. The minimum absolute atomic E-state index is 0.218. The number of anilines is 1. The van der Waals surface area contributed by atoms with E-state index < -0.39 is 10.0 Å². The maximum atomic E-state index is 12.0. The van der Waals surface area contributed by atoms with E-state index in [0.717, 1.165) is 6.42 Å². The standard InChI is InChI=1S/C11H17BrN2O2S/c1-8(2)5-6-14-17(15,16)11-4-3-9(13)7-10(11)12/h3-4,7-8,14H,5-6,13H2,1-2H3. The maximum absolute atomic E-state index is 12.0. The van der Waals surface area contributed by atoms with Crippen molar-refractivity contribution in [2.24, 2.45) is 5.92 Å². The summed E-state index contributed by atoms with van der Waals surface area (Å²) >= 11 is 3.20. The van der Waals surface area contributed by atoms with Gasteiger partial charge < -0.3 is 5.73 Å². The van der Waals surface area contributed by atoms with Gasteiger partial charge in [0.1, 0.15) is 0 Å². The number of nitrogens with one attached hydrogen (secondary N) is 1. The smallest absolute Gasteiger partial charge is 0.241 e. The summed E-state index contributed by atoms with van der Waals surface area (Å²) in [6.07, 6.45) is 0.811. The van der Waals surface area contributed by atoms with E-state index in [-0.39, 0.29) is 4.90 Å². The second-order valence-corrected chi connectivity index (χ2v) is 6.86. The first-order chi connectivity index (χ1) is 7.83. The Morgan fingerprint density at radius 1 is 1.41 bits per heavy atom. The van der Waals surface area contributed by atoms with Crippen LogP contribution in [0.4, 0.5) is 5.69 Å². The van der Waals surface area contributed by atoms with Crippen LogP contribution in [0.2, 0.25) is 0 Å². The van der Waals surface area contributed by atoms with Crippen LogP contribution in [0.3, 0.4) is 0 Å². The van der Waals surface area contributed by atoms with E-state index in [2.05, 4.69) is 20.7 Å². The SMILES string of the molecule is CC(C)CCNS(=O)(=O)c1ccc(N)cc1Br. The van der Waals surface area contributed by atoms with Crippen LogP contribution in [0.1, 0.15) is 20.3 Å². The van der Waals surface area contributed by atoms with Crippen LogP contribution in [-0.4, -0.2) is 15.0 Å². The molecule has 0 bridgehead atoms. The van der Waals surface area contributed by atoms with Gasteiger partial charge in [0.25, 0.3) is 0 Å². The molecular formula is C11H17BrN2O2S. The Kier molecular flexibility index (Phi) is 4.97. The number of hydrogen-bond donors (Lipinski definition) is 2. The van der Waals surface area contributed by atoms with E-state index >= 15 is 0 Å². The van der Waals surface area contributed by atoms with Gasteiger partial charge in [0.05, 0.1) is 4.90 Å². The van der Waals surface area contributed by atoms with Crippen molar-refractivity contribution in [2.75, 3.05) is 12.3 Å². The van der Waals surface area contributed by atoms with Crippen molar-refractivity contribution < 1.29 is 8.42 Å². The molecular weight excluding hydrogens is 304 g/mol. The van der Waals surface area contributed by atoms with Crippen LogP contribution in [0, 0.1) is 5.92 Å². The third-order valence-electron chi connectivity index (χ3n) is 2.26. The summed E-state index contributed by atoms with van der Waals surface area (Å²) in [4.78, 5) is 0.218. The Bertz CT molecular complexity index is 486. The van der Waals surface area contributed by atoms with E-state index in [1.54, 1.807) is 12.1 Å². The van der Waals surface area contributed by atoms with Crippen LogP contribution in [0.25, 0.3) is 0 Å². The fraction of sp³-hybridized carbons (Fsp3) is 0.455. The van der Waals surface area contributed by atoms with Gasteiger partial charge in [0, 0.05) is 16.7 Å². The molecule has 0 unspecified atom stereocenters. The van der Waals surface area contributed by atoms with E-state index in [0.29, 0.717) is 22.6 Å². The zero-order valence-corrected chi connectivity index (χ0v) is 12.3. The first kappa shape index (κ1) is 14.5. The van der Waals surface area contributed by atoms with Gasteiger partial charge in [-0.25, -0.2) is 13.1 Å². The summed E-state index contributed by atoms with van der Waals surface area (Å²) in [6.45, 7) is 4.54. The molecule has 1 aromatic carbocycles. The average Bonchev–Trinajstić information content (AvgIpc) is 2.15. The number of nitrogen functional groups attached to an aromatic ring is 1. The van der Waals surface area contributed by atoms with Crippen molar-refractivity contribution in [1.82, 2.24) is 4.72 Å². The molecule has 3 N–H and O–H groups in total. The molecule has 4 nitrogen and oxygen atoms in total. The Labute approximate surface area is 111 Å². The number of sulfonamides is 1. The quantitative estimate of drug-likeness (QED) is 0.818. The number of halogens is 1. The highest BCUT2D eigenvalue weighted by Gasteiger charge is 2.16. The zero-order chi connectivity index (χ0) is 13.1. The largest absolute Gasteiger partial charge is 0.399 e. The van der Waals surface area contributed by atoms with Gasteiger partial charge in [0.15, 0.2) is 0 Å². The van der Waals surface area contributed by atoms with Crippen molar-refractivity contribution in [3.8, 4) is 0 Å². The zero-order valence-electron chi connectivity index (χ0n) is 9.90. The Hall–Kier alpha value is -0.590. The summed E-state index contributed by atoms with van der Waals surface area (Å²) < 4.78 is 27.0. The molecule has 1 rings (SSSR count). The van der Waals surface area contributed by atoms with Gasteiger partial charge in [-0.3, -0.25) is 0 Å². The molecule has 0 aliphatic rings. The number of rotatable bonds is 5. The van der Waals surface area contributed by atoms with Crippen LogP contribution >= 0.6 is 15.9 Å². The third kappa shape index (κ3) is 4.29. The summed E-state index contributed by atoms with van der Waals surface area (Å²) in [5.74, 6) is 0.465. The van der Waals surface area contributed by atoms with Gasteiger partial charge in [0.2, 0.25) is 10.0 Å². The fourth-order valence-corrected chi connectivity index (χ4v) is 3.44. The molecule has 0 heterocycles. The van der Waals surface area contributed by atoms with E-state index in [4.69, 9.17) is 5.73 Å². The van der Waals surface area contributed by atoms with E-state index in [1.165, 1.54) is 6.07 Å². The van der Waals surface area contributed by atoms with E-state index in [9.17, 15) is 8.42 Å². The summed E-state index contributed by atoms with van der Waals surface area (Å²) in [6, 6.07) is 4.65. The molecule has 1 aromatic rings. The number of hydrogen-bond acceptors (Lipinski definition) is 3. The van der Waals surface area contributed by atoms with Gasteiger partial charge in [-0.2, -0.15) is 0 Å². The molecule has 0 amide bonds. The molecule has 0 saturated heterocycles. The molecule has 0 spiro atoms. The summed E-state index contributed by atoms with van der Waals surface area (Å²) in [7, 11) is -3.46. The van der Waals surface area contributed by atoms with Crippen LogP contribution in [-0.2, 0) is 10.0 Å². The second-order valence-electron chi connectivity index (χ2n) is 4.27. The van der Waals surface area contributed by atoms with Gasteiger partial charge in [-0.1, -0.05) is 13.8 Å². The topological polar surface area (TPSA) is 72.2 Å². The molecule has 6 heteroatoms. The van der Waals surface area contributed by atoms with Gasteiger partial charge in [-0.05, 0) is 46.5 Å². The van der Waals surface area contributed by atoms with Crippen LogP contribution in [0.15, 0.2) is 27.6 Å². The maximum Gasteiger partial charge on any atom is 0.241 e. The van der Waals surface area contributed by atoms with Crippen molar-refractivity contribution in [2.45, 2.75) is 25.2 Å². The third-order valence-corrected chi connectivity index (χ3v) is 4.70.